The van der Waals surface area contributed by atoms with Crippen LogP contribution in [-0.4, -0.2) is 57.7 Å². The molecule has 0 radical (unpaired) electrons. The van der Waals surface area contributed by atoms with Crippen LogP contribution in [0.3, 0.4) is 0 Å². The van der Waals surface area contributed by atoms with Crippen LogP contribution in [0.5, 0.6) is 0 Å². The van der Waals surface area contributed by atoms with Crippen molar-refractivity contribution in [3.63, 3.8) is 0 Å². The van der Waals surface area contributed by atoms with E-state index in [0.29, 0.717) is 5.56 Å². The SMILES string of the molecule is CO[C@H]1[C@@H](O)[C@H](n2ccc(NC(=O)c3ccccc3)nc2=O)O[C@@H]1CO. The highest BCUT2D eigenvalue weighted by Gasteiger charge is 2.45. The van der Waals surface area contributed by atoms with Gasteiger partial charge in [0.2, 0.25) is 0 Å². The third-order valence-electron chi connectivity index (χ3n) is 4.14. The summed E-state index contributed by atoms with van der Waals surface area (Å²) in [5, 5.41) is 22.1. The summed E-state index contributed by atoms with van der Waals surface area (Å²) in [7, 11) is 1.38. The molecule has 0 saturated carbocycles. The van der Waals surface area contributed by atoms with Crippen molar-refractivity contribution in [2.24, 2.45) is 0 Å². The lowest BCUT2D eigenvalue weighted by atomic mass is 10.1. The van der Waals surface area contributed by atoms with E-state index in [0.717, 1.165) is 4.57 Å². The standard InChI is InChI=1S/C17H19N3O6/c1-25-14-11(9-21)26-16(13(14)22)20-8-7-12(19-17(20)24)18-15(23)10-5-3-2-4-6-10/h2-8,11,13-14,16,21-22H,9H2,1H3,(H,18,19,23,24)/t11-,13-,14-,16-/m1/s1. The summed E-state index contributed by atoms with van der Waals surface area (Å²) >= 11 is 0. The zero-order valence-corrected chi connectivity index (χ0v) is 14.0. The molecule has 0 spiro atoms. The summed E-state index contributed by atoms with van der Waals surface area (Å²) < 4.78 is 11.7. The highest BCUT2D eigenvalue weighted by molar-refractivity contribution is 6.03. The van der Waals surface area contributed by atoms with E-state index in [1.807, 2.05) is 0 Å². The number of aliphatic hydroxyl groups is 2. The van der Waals surface area contributed by atoms with E-state index in [2.05, 4.69) is 10.3 Å². The van der Waals surface area contributed by atoms with E-state index in [-0.39, 0.29) is 12.4 Å². The van der Waals surface area contributed by atoms with Crippen LogP contribution in [0, 0.1) is 0 Å². The number of benzene rings is 1. The van der Waals surface area contributed by atoms with Gasteiger partial charge < -0.3 is 25.0 Å². The quantitative estimate of drug-likeness (QED) is 0.672. The smallest absolute Gasteiger partial charge is 0.351 e. The van der Waals surface area contributed by atoms with Crippen LogP contribution in [0.1, 0.15) is 16.6 Å². The number of nitrogens with one attached hydrogen (secondary N) is 1. The summed E-state index contributed by atoms with van der Waals surface area (Å²) in [6.45, 7) is -0.362. The van der Waals surface area contributed by atoms with E-state index in [1.165, 1.54) is 19.4 Å². The first-order valence-corrected chi connectivity index (χ1v) is 7.98. The Bertz CT molecular complexity index is 825. The van der Waals surface area contributed by atoms with E-state index in [4.69, 9.17) is 9.47 Å². The number of nitrogens with zero attached hydrogens (tertiary/aromatic N) is 2. The lowest BCUT2D eigenvalue weighted by molar-refractivity contribution is -0.0568. The van der Waals surface area contributed by atoms with Crippen molar-refractivity contribution >= 4 is 11.7 Å². The average Bonchev–Trinajstić information content (AvgIpc) is 2.98. The molecule has 9 heteroatoms. The molecule has 4 atom stereocenters. The van der Waals surface area contributed by atoms with Crippen molar-refractivity contribution in [2.75, 3.05) is 19.0 Å². The van der Waals surface area contributed by atoms with Gasteiger partial charge in [0.25, 0.3) is 5.91 Å². The molecule has 1 aromatic heterocycles. The highest BCUT2D eigenvalue weighted by atomic mass is 16.6. The fourth-order valence-corrected chi connectivity index (χ4v) is 2.84. The molecule has 0 bridgehead atoms. The van der Waals surface area contributed by atoms with Crippen molar-refractivity contribution in [1.29, 1.82) is 0 Å². The fourth-order valence-electron chi connectivity index (χ4n) is 2.84. The minimum Gasteiger partial charge on any atom is -0.394 e. The lowest BCUT2D eigenvalue weighted by Crippen LogP contribution is -2.37. The van der Waals surface area contributed by atoms with Crippen molar-refractivity contribution in [1.82, 2.24) is 9.55 Å². The average molecular weight is 361 g/mol. The van der Waals surface area contributed by atoms with Crippen molar-refractivity contribution in [3.05, 3.63) is 58.6 Å². The molecule has 1 saturated heterocycles. The Morgan fingerprint density at radius 3 is 2.65 bits per heavy atom. The van der Waals surface area contributed by atoms with E-state index < -0.39 is 36.1 Å². The molecule has 3 rings (SSSR count). The van der Waals surface area contributed by atoms with Crippen LogP contribution in [0.15, 0.2) is 47.4 Å². The maximum Gasteiger partial charge on any atom is 0.351 e. The van der Waals surface area contributed by atoms with Crippen LogP contribution in [0.2, 0.25) is 0 Å². The van der Waals surface area contributed by atoms with Gasteiger partial charge in [-0.2, -0.15) is 4.98 Å². The monoisotopic (exact) mass is 361 g/mol. The maximum absolute atomic E-state index is 12.3. The molecular formula is C17H19N3O6. The van der Waals surface area contributed by atoms with E-state index in [9.17, 15) is 19.8 Å². The first-order valence-electron chi connectivity index (χ1n) is 7.98. The number of methoxy groups -OCH3 is 1. The minimum atomic E-state index is -1.15. The minimum absolute atomic E-state index is 0.0783. The molecule has 1 amide bonds. The normalized spacial score (nSPS) is 25.2. The number of anilines is 1. The van der Waals surface area contributed by atoms with Gasteiger partial charge in [-0.25, -0.2) is 4.79 Å². The number of hydrogen-bond donors (Lipinski definition) is 3. The van der Waals surface area contributed by atoms with Gasteiger partial charge in [-0.15, -0.1) is 0 Å². The molecule has 2 aromatic rings. The van der Waals surface area contributed by atoms with Crippen LogP contribution < -0.4 is 11.0 Å². The van der Waals surface area contributed by atoms with Gasteiger partial charge in [0, 0.05) is 18.9 Å². The summed E-state index contributed by atoms with van der Waals surface area (Å²) in [6, 6.07) is 9.94. The number of amides is 1. The largest absolute Gasteiger partial charge is 0.394 e. The highest BCUT2D eigenvalue weighted by Crippen LogP contribution is 2.29. The van der Waals surface area contributed by atoms with Crippen molar-refractivity contribution in [2.45, 2.75) is 24.5 Å². The molecule has 9 nitrogen and oxygen atoms in total. The number of rotatable bonds is 5. The molecule has 1 aliphatic rings. The van der Waals surface area contributed by atoms with Gasteiger partial charge in [-0.3, -0.25) is 9.36 Å². The van der Waals surface area contributed by atoms with Crippen molar-refractivity contribution in [3.8, 4) is 0 Å². The molecule has 0 unspecified atom stereocenters. The Labute approximate surface area is 148 Å². The summed E-state index contributed by atoms with van der Waals surface area (Å²) in [4.78, 5) is 28.2. The first kappa shape index (κ1) is 18.2. The van der Waals surface area contributed by atoms with Gasteiger partial charge in [-0.1, -0.05) is 18.2 Å². The molecular weight excluding hydrogens is 342 g/mol. The maximum atomic E-state index is 12.3. The number of carbonyl (C=O) groups is 1. The van der Waals surface area contributed by atoms with E-state index >= 15 is 0 Å². The van der Waals surface area contributed by atoms with Gasteiger partial charge in [0.05, 0.1) is 6.61 Å². The zero-order valence-electron chi connectivity index (χ0n) is 14.0. The predicted octanol–water partition coefficient (Wildman–Crippen LogP) is -0.239. The zero-order chi connectivity index (χ0) is 18.7. The Morgan fingerprint density at radius 1 is 1.35 bits per heavy atom. The first-order chi connectivity index (χ1) is 12.5. The molecule has 1 aromatic carbocycles. The fraction of sp³-hybridized carbons (Fsp3) is 0.353. The van der Waals surface area contributed by atoms with Gasteiger partial charge >= 0.3 is 5.69 Å². The second-order valence-electron chi connectivity index (χ2n) is 5.76. The van der Waals surface area contributed by atoms with E-state index in [1.54, 1.807) is 30.3 Å². The topological polar surface area (TPSA) is 123 Å². The predicted molar refractivity (Wildman–Crippen MR) is 90.7 cm³/mol. The number of carbonyl (C=O) groups excluding carboxylic acids is 1. The summed E-state index contributed by atoms with van der Waals surface area (Å²) in [5.74, 6) is -0.318. The molecule has 0 aliphatic carbocycles. The summed E-state index contributed by atoms with van der Waals surface area (Å²) in [6.07, 6.45) is -2.37. The number of aromatic nitrogens is 2. The molecule has 2 heterocycles. The molecule has 26 heavy (non-hydrogen) atoms. The van der Waals surface area contributed by atoms with Gasteiger partial charge in [0.15, 0.2) is 6.23 Å². The molecule has 1 aliphatic heterocycles. The molecule has 138 valence electrons. The van der Waals surface area contributed by atoms with Gasteiger partial charge in [-0.05, 0) is 18.2 Å². The Balaban J connectivity index is 1.78. The van der Waals surface area contributed by atoms with Crippen LogP contribution in [0.4, 0.5) is 5.82 Å². The second-order valence-corrected chi connectivity index (χ2v) is 5.76. The summed E-state index contributed by atoms with van der Waals surface area (Å²) in [5.41, 5.74) is -0.282. The Morgan fingerprint density at radius 2 is 2.08 bits per heavy atom. The molecule has 3 N–H and O–H groups in total. The Kier molecular flexibility index (Phi) is 5.43. The van der Waals surface area contributed by atoms with Gasteiger partial charge in [0.1, 0.15) is 24.1 Å². The number of ether oxygens (including phenoxy) is 2. The Hall–Kier alpha value is -2.59. The molecule has 1 fully saturated rings. The number of aliphatic hydroxyl groups excluding tert-OH is 2. The van der Waals surface area contributed by atoms with Crippen LogP contribution >= 0.6 is 0 Å². The lowest BCUT2D eigenvalue weighted by Gasteiger charge is -2.18. The second kappa shape index (κ2) is 7.75. The third kappa shape index (κ3) is 3.51. The van der Waals surface area contributed by atoms with Crippen LogP contribution in [0.25, 0.3) is 0 Å². The van der Waals surface area contributed by atoms with Crippen LogP contribution in [-0.2, 0) is 9.47 Å². The van der Waals surface area contributed by atoms with Crippen molar-refractivity contribution < 1.29 is 24.5 Å². The number of hydrogen-bond acceptors (Lipinski definition) is 7. The third-order valence-corrected chi connectivity index (χ3v) is 4.14.